The molecule has 0 aliphatic carbocycles. The first-order valence-electron chi connectivity index (χ1n) is 5.62. The zero-order chi connectivity index (χ0) is 13.7. The second-order valence-electron chi connectivity index (χ2n) is 3.79. The molecule has 0 bridgehead atoms. The van der Waals surface area contributed by atoms with Crippen molar-refractivity contribution in [1.29, 1.82) is 0 Å². The molecular weight excluding hydrogens is 270 g/mol. The van der Waals surface area contributed by atoms with Crippen LogP contribution in [0.1, 0.15) is 5.56 Å². The lowest BCUT2D eigenvalue weighted by Gasteiger charge is -2.11. The van der Waals surface area contributed by atoms with E-state index in [-0.39, 0.29) is 12.0 Å². The van der Waals surface area contributed by atoms with E-state index in [1.54, 1.807) is 23.4 Å². The summed E-state index contributed by atoms with van der Waals surface area (Å²) in [7, 11) is 0. The maximum absolute atomic E-state index is 13.4. The van der Waals surface area contributed by atoms with Crippen molar-refractivity contribution in [2.75, 3.05) is 12.0 Å². The van der Waals surface area contributed by atoms with Crippen LogP contribution in [0.25, 0.3) is 0 Å². The smallest absolute Gasteiger partial charge is 0.185 e. The Morgan fingerprint density at radius 1 is 1.32 bits per heavy atom. The van der Waals surface area contributed by atoms with Crippen LogP contribution in [0.15, 0.2) is 36.9 Å². The van der Waals surface area contributed by atoms with Gasteiger partial charge in [0.15, 0.2) is 5.11 Å². The summed E-state index contributed by atoms with van der Waals surface area (Å²) in [4.78, 5) is 3.84. The molecule has 0 unspecified atom stereocenters. The van der Waals surface area contributed by atoms with E-state index in [2.05, 4.69) is 15.7 Å². The van der Waals surface area contributed by atoms with Gasteiger partial charge < -0.3 is 5.32 Å². The fourth-order valence-electron chi connectivity index (χ4n) is 1.55. The lowest BCUT2D eigenvalue weighted by molar-refractivity contribution is 0.553. The van der Waals surface area contributed by atoms with Gasteiger partial charge in [-0.15, -0.1) is 0 Å². The van der Waals surface area contributed by atoms with Gasteiger partial charge in [-0.3, -0.25) is 5.43 Å². The summed E-state index contributed by atoms with van der Waals surface area (Å²) in [6.45, 7) is 0.332. The minimum atomic E-state index is -0.546. The number of halogens is 2. The molecule has 4 nitrogen and oxygen atoms in total. The predicted molar refractivity (Wildman–Crippen MR) is 72.3 cm³/mol. The number of thiocarbonyl (C=S) groups is 1. The van der Waals surface area contributed by atoms with Crippen LogP contribution in [0.4, 0.5) is 8.78 Å². The molecule has 0 fully saturated rings. The number of nitrogens with zero attached hydrogens (tertiary/aromatic N) is 2. The van der Waals surface area contributed by atoms with Gasteiger partial charge in [-0.05, 0) is 30.8 Å². The van der Waals surface area contributed by atoms with Crippen LogP contribution in [-0.2, 0) is 6.42 Å². The van der Waals surface area contributed by atoms with Gasteiger partial charge in [0.1, 0.15) is 18.0 Å². The molecule has 2 aromatic rings. The fraction of sp³-hybridized carbons (Fsp3) is 0.167. The van der Waals surface area contributed by atoms with Gasteiger partial charge in [-0.2, -0.15) is 0 Å². The van der Waals surface area contributed by atoms with Crippen LogP contribution in [0.3, 0.4) is 0 Å². The highest BCUT2D eigenvalue weighted by molar-refractivity contribution is 7.80. The number of benzene rings is 1. The summed E-state index contributed by atoms with van der Waals surface area (Å²) in [6.07, 6.45) is 5.05. The van der Waals surface area contributed by atoms with Gasteiger partial charge in [0, 0.05) is 24.5 Å². The Hall–Kier alpha value is -2.02. The molecule has 1 aromatic carbocycles. The third kappa shape index (κ3) is 3.72. The molecule has 100 valence electrons. The van der Waals surface area contributed by atoms with Gasteiger partial charge in [0.2, 0.25) is 0 Å². The van der Waals surface area contributed by atoms with Crippen molar-refractivity contribution in [2.45, 2.75) is 6.42 Å². The Labute approximate surface area is 114 Å². The second kappa shape index (κ2) is 6.24. The summed E-state index contributed by atoms with van der Waals surface area (Å²) in [6, 6.07) is 3.81. The van der Waals surface area contributed by atoms with Crippen LogP contribution < -0.4 is 10.7 Å². The SMILES string of the molecule is Fc1cccc(F)c1CCNC(=S)Nn1ccnc1. The summed E-state index contributed by atoms with van der Waals surface area (Å²) < 4.78 is 28.3. The van der Waals surface area contributed by atoms with E-state index in [1.165, 1.54) is 18.2 Å². The third-order valence-corrected chi connectivity index (χ3v) is 2.69. The molecule has 7 heteroatoms. The van der Waals surface area contributed by atoms with Crippen molar-refractivity contribution < 1.29 is 8.78 Å². The van der Waals surface area contributed by atoms with Crippen molar-refractivity contribution in [2.24, 2.45) is 0 Å². The minimum absolute atomic E-state index is 0.0560. The first kappa shape index (κ1) is 13.4. The molecular formula is C12H12F2N4S. The maximum atomic E-state index is 13.4. The molecule has 0 aliphatic heterocycles. The van der Waals surface area contributed by atoms with Crippen molar-refractivity contribution in [3.63, 3.8) is 0 Å². The highest BCUT2D eigenvalue weighted by atomic mass is 32.1. The topological polar surface area (TPSA) is 41.9 Å². The summed E-state index contributed by atoms with van der Waals surface area (Å²) in [5.41, 5.74) is 2.88. The highest BCUT2D eigenvalue weighted by Crippen LogP contribution is 2.11. The summed E-state index contributed by atoms with van der Waals surface area (Å²) in [5, 5.41) is 3.22. The molecule has 0 aliphatic rings. The number of nitrogens with one attached hydrogen (secondary N) is 2. The van der Waals surface area contributed by atoms with Crippen LogP contribution in [0.2, 0.25) is 0 Å². The minimum Gasteiger partial charge on any atom is -0.361 e. The van der Waals surface area contributed by atoms with E-state index in [9.17, 15) is 8.78 Å². The number of imidazole rings is 1. The predicted octanol–water partition coefficient (Wildman–Crippen LogP) is 1.82. The normalized spacial score (nSPS) is 10.2. The molecule has 19 heavy (non-hydrogen) atoms. The highest BCUT2D eigenvalue weighted by Gasteiger charge is 2.07. The molecule has 0 spiro atoms. The van der Waals surface area contributed by atoms with E-state index in [0.717, 1.165) is 0 Å². The second-order valence-corrected chi connectivity index (χ2v) is 4.20. The largest absolute Gasteiger partial charge is 0.361 e. The van der Waals surface area contributed by atoms with Crippen LogP contribution >= 0.6 is 12.2 Å². The third-order valence-electron chi connectivity index (χ3n) is 2.46. The summed E-state index contributed by atoms with van der Waals surface area (Å²) >= 11 is 5.02. The van der Waals surface area contributed by atoms with Crippen molar-refractivity contribution in [3.05, 3.63) is 54.1 Å². The van der Waals surface area contributed by atoms with Crippen molar-refractivity contribution in [1.82, 2.24) is 15.0 Å². The maximum Gasteiger partial charge on any atom is 0.185 e. The lowest BCUT2D eigenvalue weighted by atomic mass is 10.1. The molecule has 2 N–H and O–H groups in total. The zero-order valence-corrected chi connectivity index (χ0v) is 10.8. The first-order chi connectivity index (χ1) is 9.16. The van der Waals surface area contributed by atoms with Gasteiger partial charge >= 0.3 is 0 Å². The number of hydrogen-bond acceptors (Lipinski definition) is 2. The quantitative estimate of drug-likeness (QED) is 0.840. The number of aromatic nitrogens is 2. The van der Waals surface area contributed by atoms with E-state index < -0.39 is 11.6 Å². The Kier molecular flexibility index (Phi) is 4.40. The molecule has 0 saturated carbocycles. The van der Waals surface area contributed by atoms with Crippen molar-refractivity contribution >= 4 is 17.3 Å². The average Bonchev–Trinajstić information content (AvgIpc) is 2.85. The Morgan fingerprint density at radius 3 is 2.68 bits per heavy atom. The Morgan fingerprint density at radius 2 is 2.05 bits per heavy atom. The molecule has 1 heterocycles. The lowest BCUT2D eigenvalue weighted by Crippen LogP contribution is -2.34. The monoisotopic (exact) mass is 282 g/mol. The molecule has 0 saturated heterocycles. The van der Waals surface area contributed by atoms with E-state index in [4.69, 9.17) is 12.2 Å². The van der Waals surface area contributed by atoms with Crippen LogP contribution in [0.5, 0.6) is 0 Å². The van der Waals surface area contributed by atoms with E-state index >= 15 is 0 Å². The van der Waals surface area contributed by atoms with Crippen molar-refractivity contribution in [3.8, 4) is 0 Å². The fourth-order valence-corrected chi connectivity index (χ4v) is 1.76. The molecule has 0 atom stereocenters. The van der Waals surface area contributed by atoms with Crippen LogP contribution in [0, 0.1) is 11.6 Å². The first-order valence-corrected chi connectivity index (χ1v) is 6.03. The summed E-state index contributed by atoms with van der Waals surface area (Å²) in [5.74, 6) is -1.09. The van der Waals surface area contributed by atoms with Crippen LogP contribution in [-0.4, -0.2) is 21.3 Å². The molecule has 0 amide bonds. The van der Waals surface area contributed by atoms with E-state index in [1.807, 2.05) is 0 Å². The Bertz CT molecular complexity index is 537. The van der Waals surface area contributed by atoms with Gasteiger partial charge in [-0.1, -0.05) is 6.07 Å². The van der Waals surface area contributed by atoms with Gasteiger partial charge in [0.05, 0.1) is 0 Å². The van der Waals surface area contributed by atoms with Gasteiger partial charge in [-0.25, -0.2) is 18.4 Å². The van der Waals surface area contributed by atoms with E-state index in [0.29, 0.717) is 11.7 Å². The average molecular weight is 282 g/mol. The van der Waals surface area contributed by atoms with Gasteiger partial charge in [0.25, 0.3) is 0 Å². The molecule has 0 radical (unpaired) electrons. The zero-order valence-electron chi connectivity index (χ0n) is 9.94. The number of hydrogen-bond donors (Lipinski definition) is 2. The standard InChI is InChI=1S/C12H12F2N4S/c13-10-2-1-3-11(14)9(10)4-5-16-12(19)17-18-7-6-15-8-18/h1-3,6-8H,4-5H2,(H2,16,17,19). The molecule has 1 aromatic heterocycles. The Balaban J connectivity index is 1.82. The number of rotatable bonds is 4. The molecule has 2 rings (SSSR count).